The molecular formula is C24H25ClFNO5. The van der Waals surface area contributed by atoms with Gasteiger partial charge in [0.1, 0.15) is 29.6 Å². The summed E-state index contributed by atoms with van der Waals surface area (Å²) < 4.78 is 35.3. The van der Waals surface area contributed by atoms with E-state index in [9.17, 15) is 9.18 Å². The number of hydrogen-bond acceptors (Lipinski definition) is 6. The number of rotatable bonds is 9. The van der Waals surface area contributed by atoms with Crippen LogP contribution < -0.4 is 4.74 Å². The number of carbonyl (C=O) groups is 1. The van der Waals surface area contributed by atoms with Crippen LogP contribution in [0.4, 0.5) is 4.39 Å². The maximum absolute atomic E-state index is 13.5. The van der Waals surface area contributed by atoms with E-state index in [1.54, 1.807) is 44.2 Å². The van der Waals surface area contributed by atoms with Gasteiger partial charge >= 0.3 is 5.97 Å². The number of benzene rings is 2. The second kappa shape index (κ2) is 10.6. The summed E-state index contributed by atoms with van der Waals surface area (Å²) in [7, 11) is 1.32. The normalized spacial score (nSPS) is 11.9. The number of aryl methyl sites for hydroxylation is 2. The number of esters is 1. The lowest BCUT2D eigenvalue weighted by Gasteiger charge is -2.16. The second-order valence-electron chi connectivity index (χ2n) is 7.20. The van der Waals surface area contributed by atoms with Gasteiger partial charge in [-0.3, -0.25) is 0 Å². The van der Waals surface area contributed by atoms with Crippen molar-refractivity contribution in [3.8, 4) is 17.2 Å². The molecule has 32 heavy (non-hydrogen) atoms. The number of carbonyl (C=O) groups excluding carboxylic acids is 1. The molecule has 0 saturated carbocycles. The highest BCUT2D eigenvalue weighted by Gasteiger charge is 2.21. The number of oxazole rings is 1. The zero-order valence-electron chi connectivity index (χ0n) is 18.4. The number of aromatic nitrogens is 1. The Labute approximate surface area is 191 Å². The quantitative estimate of drug-likeness (QED) is 0.394. The Morgan fingerprint density at radius 1 is 1.22 bits per heavy atom. The smallest absolute Gasteiger partial charge is 0.335 e. The van der Waals surface area contributed by atoms with Gasteiger partial charge in [-0.25, -0.2) is 14.2 Å². The highest BCUT2D eigenvalue weighted by molar-refractivity contribution is 6.31. The fourth-order valence-electron chi connectivity index (χ4n) is 3.14. The number of hydrogen-bond donors (Lipinski definition) is 0. The topological polar surface area (TPSA) is 70.8 Å². The lowest BCUT2D eigenvalue weighted by Crippen LogP contribution is -2.28. The molecule has 6 nitrogen and oxygen atoms in total. The molecular weight excluding hydrogens is 437 g/mol. The number of nitrogens with zero attached hydrogens (tertiary/aromatic N) is 1. The first-order valence-corrected chi connectivity index (χ1v) is 10.5. The summed E-state index contributed by atoms with van der Waals surface area (Å²) in [5, 5.41) is 0.454. The second-order valence-corrected chi connectivity index (χ2v) is 7.61. The molecule has 0 aliphatic carbocycles. The summed E-state index contributed by atoms with van der Waals surface area (Å²) in [5.74, 6) is 0.841. The maximum atomic E-state index is 13.5. The first-order valence-electron chi connectivity index (χ1n) is 10.2. The molecule has 1 aromatic heterocycles. The summed E-state index contributed by atoms with van der Waals surface area (Å²) in [6, 6.07) is 9.93. The molecule has 0 fully saturated rings. The van der Waals surface area contributed by atoms with Crippen LogP contribution in [0.25, 0.3) is 11.5 Å². The van der Waals surface area contributed by atoms with E-state index >= 15 is 0 Å². The Bertz CT molecular complexity index is 1100. The number of ether oxygens (including phenoxy) is 3. The summed E-state index contributed by atoms with van der Waals surface area (Å²) in [5.41, 5.74) is 2.59. The van der Waals surface area contributed by atoms with Crippen LogP contribution >= 0.6 is 11.6 Å². The van der Waals surface area contributed by atoms with E-state index in [1.165, 1.54) is 13.2 Å². The standard InChI is InChI=1S/C24H25ClFNO5/c1-5-30-22(24(28)29-4)11-16-6-8-18(12-19(16)25)31-13-21-15(3)32-23(27-21)17-7-9-20(26)14(2)10-17/h6-10,12,22H,5,11,13H2,1-4H3. The van der Waals surface area contributed by atoms with E-state index in [-0.39, 0.29) is 12.4 Å². The Morgan fingerprint density at radius 3 is 2.66 bits per heavy atom. The molecule has 0 radical (unpaired) electrons. The van der Waals surface area contributed by atoms with Gasteiger partial charge in [-0.1, -0.05) is 17.7 Å². The average molecular weight is 462 g/mol. The van der Waals surface area contributed by atoms with Crippen molar-refractivity contribution in [2.75, 3.05) is 13.7 Å². The minimum atomic E-state index is -0.722. The molecule has 170 valence electrons. The van der Waals surface area contributed by atoms with Crippen LogP contribution in [0.1, 0.15) is 29.5 Å². The van der Waals surface area contributed by atoms with Crippen LogP contribution in [0.2, 0.25) is 5.02 Å². The van der Waals surface area contributed by atoms with Gasteiger partial charge in [0.25, 0.3) is 0 Å². The molecule has 1 heterocycles. The van der Waals surface area contributed by atoms with E-state index in [1.807, 2.05) is 6.92 Å². The summed E-state index contributed by atoms with van der Waals surface area (Å²) in [6.07, 6.45) is -0.428. The third-order valence-corrected chi connectivity index (χ3v) is 5.29. The first kappa shape index (κ1) is 23.8. The van der Waals surface area contributed by atoms with Crippen LogP contribution in [0.3, 0.4) is 0 Å². The van der Waals surface area contributed by atoms with Crippen LogP contribution in [0, 0.1) is 19.7 Å². The molecule has 8 heteroatoms. The van der Waals surface area contributed by atoms with Gasteiger partial charge in [0.2, 0.25) is 5.89 Å². The molecule has 0 amide bonds. The molecule has 0 aliphatic heterocycles. The van der Waals surface area contributed by atoms with E-state index in [0.29, 0.717) is 52.3 Å². The predicted molar refractivity (Wildman–Crippen MR) is 118 cm³/mol. The van der Waals surface area contributed by atoms with Crippen molar-refractivity contribution in [1.82, 2.24) is 4.98 Å². The van der Waals surface area contributed by atoms with E-state index in [4.69, 9.17) is 30.2 Å². The van der Waals surface area contributed by atoms with Crippen LogP contribution in [-0.2, 0) is 27.3 Å². The van der Waals surface area contributed by atoms with Crippen molar-refractivity contribution in [2.24, 2.45) is 0 Å². The minimum absolute atomic E-state index is 0.176. The maximum Gasteiger partial charge on any atom is 0.335 e. The van der Waals surface area contributed by atoms with Gasteiger partial charge in [-0.05, 0) is 62.2 Å². The molecule has 0 N–H and O–H groups in total. The van der Waals surface area contributed by atoms with Crippen molar-refractivity contribution >= 4 is 17.6 Å². The van der Waals surface area contributed by atoms with Crippen LogP contribution in [0.15, 0.2) is 40.8 Å². The van der Waals surface area contributed by atoms with Gasteiger partial charge < -0.3 is 18.6 Å². The molecule has 0 saturated heterocycles. The van der Waals surface area contributed by atoms with Gasteiger partial charge in [0, 0.05) is 23.6 Å². The fraction of sp³-hybridized carbons (Fsp3) is 0.333. The summed E-state index contributed by atoms with van der Waals surface area (Å²) in [6.45, 7) is 5.85. The first-order chi connectivity index (χ1) is 15.3. The summed E-state index contributed by atoms with van der Waals surface area (Å²) >= 11 is 6.39. The molecule has 1 unspecified atom stereocenters. The zero-order valence-corrected chi connectivity index (χ0v) is 19.2. The zero-order chi connectivity index (χ0) is 23.3. The third kappa shape index (κ3) is 5.66. The van der Waals surface area contributed by atoms with E-state index in [2.05, 4.69) is 4.98 Å². The van der Waals surface area contributed by atoms with Crippen molar-refractivity contribution in [3.63, 3.8) is 0 Å². The molecule has 0 aliphatic rings. The molecule has 1 atom stereocenters. The molecule has 0 bridgehead atoms. The van der Waals surface area contributed by atoms with Crippen LogP contribution in [-0.4, -0.2) is 30.8 Å². The van der Waals surface area contributed by atoms with Gasteiger partial charge in [-0.15, -0.1) is 0 Å². The van der Waals surface area contributed by atoms with Gasteiger partial charge in [0.15, 0.2) is 6.10 Å². The van der Waals surface area contributed by atoms with Crippen LogP contribution in [0.5, 0.6) is 5.75 Å². The Balaban J connectivity index is 1.68. The Kier molecular flexibility index (Phi) is 7.88. The van der Waals surface area contributed by atoms with Crippen molar-refractivity contribution in [2.45, 2.75) is 39.9 Å². The molecule has 3 rings (SSSR count). The highest BCUT2D eigenvalue weighted by atomic mass is 35.5. The predicted octanol–water partition coefficient (Wildman–Crippen LogP) is 5.45. The Hall–Kier alpha value is -2.90. The lowest BCUT2D eigenvalue weighted by atomic mass is 10.1. The largest absolute Gasteiger partial charge is 0.487 e. The minimum Gasteiger partial charge on any atom is -0.487 e. The summed E-state index contributed by atoms with van der Waals surface area (Å²) in [4.78, 5) is 16.3. The highest BCUT2D eigenvalue weighted by Crippen LogP contribution is 2.27. The molecule has 2 aromatic carbocycles. The van der Waals surface area contributed by atoms with Crippen molar-refractivity contribution in [3.05, 3.63) is 69.8 Å². The van der Waals surface area contributed by atoms with E-state index < -0.39 is 12.1 Å². The third-order valence-electron chi connectivity index (χ3n) is 4.93. The van der Waals surface area contributed by atoms with Crippen molar-refractivity contribution in [1.29, 1.82) is 0 Å². The molecule has 0 spiro atoms. The SMILES string of the molecule is CCOC(Cc1ccc(OCc2nc(-c3ccc(F)c(C)c3)oc2C)cc1Cl)C(=O)OC. The Morgan fingerprint density at radius 2 is 2.00 bits per heavy atom. The average Bonchev–Trinajstić information content (AvgIpc) is 3.15. The van der Waals surface area contributed by atoms with Crippen molar-refractivity contribution < 1.29 is 27.8 Å². The van der Waals surface area contributed by atoms with Gasteiger partial charge in [0.05, 0.1) is 7.11 Å². The molecule has 3 aromatic rings. The monoisotopic (exact) mass is 461 g/mol. The number of halogens is 2. The van der Waals surface area contributed by atoms with E-state index in [0.717, 1.165) is 5.56 Å². The lowest BCUT2D eigenvalue weighted by molar-refractivity contribution is -0.153. The van der Waals surface area contributed by atoms with Gasteiger partial charge in [-0.2, -0.15) is 0 Å². The number of methoxy groups -OCH3 is 1. The fourth-order valence-corrected chi connectivity index (χ4v) is 3.39.